The van der Waals surface area contributed by atoms with Crippen LogP contribution in [0.1, 0.15) is 30.9 Å². The summed E-state index contributed by atoms with van der Waals surface area (Å²) in [6.45, 7) is 6.22. The van der Waals surface area contributed by atoms with E-state index < -0.39 is 0 Å². The number of nitrogens with two attached hydrogens (primary N) is 1. The number of benzene rings is 1. The molecule has 0 amide bonds. The van der Waals surface area contributed by atoms with Gasteiger partial charge in [0.05, 0.1) is 11.9 Å². The Bertz CT molecular complexity index is 544. The second-order valence-corrected chi connectivity index (χ2v) is 4.92. The SMILES string of the molecule is Cc1ccc(Cl)cc1-n1ncc(C(C)C)c1N. The quantitative estimate of drug-likeness (QED) is 0.885. The Morgan fingerprint density at radius 2 is 2.06 bits per heavy atom. The summed E-state index contributed by atoms with van der Waals surface area (Å²) in [6, 6.07) is 5.71. The lowest BCUT2D eigenvalue weighted by atomic mass is 10.1. The largest absolute Gasteiger partial charge is 0.383 e. The molecule has 0 radical (unpaired) electrons. The maximum absolute atomic E-state index is 6.11. The van der Waals surface area contributed by atoms with Crippen molar-refractivity contribution in [1.29, 1.82) is 0 Å². The van der Waals surface area contributed by atoms with Crippen molar-refractivity contribution in [3.8, 4) is 5.69 Å². The predicted octanol–water partition coefficient (Wildman–Crippen LogP) is 3.54. The summed E-state index contributed by atoms with van der Waals surface area (Å²) in [5, 5.41) is 5.03. The first-order valence-electron chi connectivity index (χ1n) is 5.60. The average molecular weight is 250 g/mol. The lowest BCUT2D eigenvalue weighted by Gasteiger charge is -2.10. The number of hydrogen-bond donors (Lipinski definition) is 1. The van der Waals surface area contributed by atoms with Crippen LogP contribution in [0.15, 0.2) is 24.4 Å². The van der Waals surface area contributed by atoms with Gasteiger partial charge < -0.3 is 5.73 Å². The highest BCUT2D eigenvalue weighted by Crippen LogP contribution is 2.26. The Morgan fingerprint density at radius 3 is 2.65 bits per heavy atom. The third kappa shape index (κ3) is 2.15. The van der Waals surface area contributed by atoms with Crippen LogP contribution in [0.3, 0.4) is 0 Å². The third-order valence-corrected chi connectivity index (χ3v) is 3.09. The minimum atomic E-state index is 0.364. The summed E-state index contributed by atoms with van der Waals surface area (Å²) in [7, 11) is 0. The Balaban J connectivity index is 2.57. The number of aromatic nitrogens is 2. The van der Waals surface area contributed by atoms with Crippen LogP contribution < -0.4 is 5.73 Å². The van der Waals surface area contributed by atoms with E-state index >= 15 is 0 Å². The molecule has 2 aromatic rings. The van der Waals surface area contributed by atoms with E-state index in [1.54, 1.807) is 4.68 Å². The minimum Gasteiger partial charge on any atom is -0.383 e. The molecule has 2 rings (SSSR count). The number of hydrogen-bond acceptors (Lipinski definition) is 2. The van der Waals surface area contributed by atoms with E-state index in [1.165, 1.54) is 0 Å². The van der Waals surface area contributed by atoms with Crippen LogP contribution in [0.25, 0.3) is 5.69 Å². The van der Waals surface area contributed by atoms with Crippen molar-refractivity contribution < 1.29 is 0 Å². The smallest absolute Gasteiger partial charge is 0.130 e. The fourth-order valence-electron chi connectivity index (χ4n) is 1.82. The summed E-state index contributed by atoms with van der Waals surface area (Å²) in [5.41, 5.74) is 9.20. The summed E-state index contributed by atoms with van der Waals surface area (Å²) < 4.78 is 1.75. The second-order valence-electron chi connectivity index (χ2n) is 4.48. The molecule has 0 fully saturated rings. The van der Waals surface area contributed by atoms with Gasteiger partial charge in [0.1, 0.15) is 5.82 Å². The zero-order valence-electron chi connectivity index (χ0n) is 10.2. The predicted molar refractivity (Wildman–Crippen MR) is 71.8 cm³/mol. The van der Waals surface area contributed by atoms with Crippen molar-refractivity contribution >= 4 is 17.4 Å². The van der Waals surface area contributed by atoms with Gasteiger partial charge in [0.15, 0.2) is 0 Å². The molecule has 0 unspecified atom stereocenters. The first-order valence-corrected chi connectivity index (χ1v) is 5.98. The molecule has 1 aromatic carbocycles. The fourth-order valence-corrected chi connectivity index (χ4v) is 1.98. The highest BCUT2D eigenvalue weighted by Gasteiger charge is 2.13. The van der Waals surface area contributed by atoms with Gasteiger partial charge in [0, 0.05) is 10.6 Å². The molecule has 0 aliphatic heterocycles. The van der Waals surface area contributed by atoms with Gasteiger partial charge in [0.25, 0.3) is 0 Å². The summed E-state index contributed by atoms with van der Waals surface area (Å²) in [4.78, 5) is 0. The fraction of sp³-hybridized carbons (Fsp3) is 0.308. The van der Waals surface area contributed by atoms with Crippen LogP contribution in [0.4, 0.5) is 5.82 Å². The topological polar surface area (TPSA) is 43.8 Å². The Kier molecular flexibility index (Phi) is 3.11. The molecule has 17 heavy (non-hydrogen) atoms. The molecule has 1 aromatic heterocycles. The van der Waals surface area contributed by atoms with Gasteiger partial charge in [0.2, 0.25) is 0 Å². The highest BCUT2D eigenvalue weighted by atomic mass is 35.5. The van der Waals surface area contributed by atoms with Crippen LogP contribution in [-0.4, -0.2) is 9.78 Å². The van der Waals surface area contributed by atoms with E-state index in [-0.39, 0.29) is 0 Å². The van der Waals surface area contributed by atoms with Crippen molar-refractivity contribution in [3.63, 3.8) is 0 Å². The number of anilines is 1. The molecule has 1 heterocycles. The summed E-state index contributed by atoms with van der Waals surface area (Å²) >= 11 is 6.01. The number of halogens is 1. The first kappa shape index (κ1) is 12.0. The molecular weight excluding hydrogens is 234 g/mol. The van der Waals surface area contributed by atoms with Crippen LogP contribution in [-0.2, 0) is 0 Å². The van der Waals surface area contributed by atoms with E-state index in [0.29, 0.717) is 16.8 Å². The molecule has 0 spiro atoms. The van der Waals surface area contributed by atoms with E-state index in [4.69, 9.17) is 17.3 Å². The van der Waals surface area contributed by atoms with Gasteiger partial charge in [-0.1, -0.05) is 31.5 Å². The zero-order valence-corrected chi connectivity index (χ0v) is 11.0. The molecule has 0 saturated heterocycles. The molecule has 0 aliphatic rings. The Labute approximate surface area is 106 Å². The van der Waals surface area contributed by atoms with Crippen LogP contribution in [0, 0.1) is 6.92 Å². The third-order valence-electron chi connectivity index (χ3n) is 2.86. The van der Waals surface area contributed by atoms with Crippen molar-refractivity contribution in [2.45, 2.75) is 26.7 Å². The molecule has 90 valence electrons. The maximum atomic E-state index is 6.11. The van der Waals surface area contributed by atoms with Gasteiger partial charge in [-0.05, 0) is 30.5 Å². The highest BCUT2D eigenvalue weighted by molar-refractivity contribution is 6.30. The first-order chi connectivity index (χ1) is 8.00. The second kappa shape index (κ2) is 4.41. The van der Waals surface area contributed by atoms with E-state index in [9.17, 15) is 0 Å². The lowest BCUT2D eigenvalue weighted by molar-refractivity contribution is 0.866. The molecule has 0 atom stereocenters. The van der Waals surface area contributed by atoms with Gasteiger partial charge >= 0.3 is 0 Å². The molecule has 0 bridgehead atoms. The lowest BCUT2D eigenvalue weighted by Crippen LogP contribution is -2.05. The molecule has 3 nitrogen and oxygen atoms in total. The van der Waals surface area contributed by atoms with Crippen LogP contribution in [0.2, 0.25) is 5.02 Å². The molecular formula is C13H16ClN3. The van der Waals surface area contributed by atoms with Gasteiger partial charge in [-0.15, -0.1) is 0 Å². The van der Waals surface area contributed by atoms with Crippen molar-refractivity contribution in [3.05, 3.63) is 40.5 Å². The Morgan fingerprint density at radius 1 is 1.35 bits per heavy atom. The molecule has 0 saturated carbocycles. The Hall–Kier alpha value is -1.48. The van der Waals surface area contributed by atoms with Crippen molar-refractivity contribution in [2.24, 2.45) is 0 Å². The summed E-state index contributed by atoms with van der Waals surface area (Å²) in [6.07, 6.45) is 1.82. The molecule has 0 aliphatic carbocycles. The van der Waals surface area contributed by atoms with E-state index in [1.807, 2.05) is 31.3 Å². The summed E-state index contributed by atoms with van der Waals surface area (Å²) in [5.74, 6) is 1.05. The molecule has 4 heteroatoms. The average Bonchev–Trinajstić information content (AvgIpc) is 2.64. The molecule has 2 N–H and O–H groups in total. The van der Waals surface area contributed by atoms with E-state index in [0.717, 1.165) is 16.8 Å². The number of nitrogens with zero attached hydrogens (tertiary/aromatic N) is 2. The number of rotatable bonds is 2. The van der Waals surface area contributed by atoms with Crippen molar-refractivity contribution in [2.75, 3.05) is 5.73 Å². The number of aryl methyl sites for hydroxylation is 1. The monoisotopic (exact) mass is 249 g/mol. The van der Waals surface area contributed by atoms with Crippen molar-refractivity contribution in [1.82, 2.24) is 9.78 Å². The van der Waals surface area contributed by atoms with Crippen LogP contribution in [0.5, 0.6) is 0 Å². The van der Waals surface area contributed by atoms with Gasteiger partial charge in [-0.25, -0.2) is 4.68 Å². The standard InChI is InChI=1S/C13H16ClN3/c1-8(2)11-7-16-17(13(11)15)12-6-10(14)5-4-9(12)3/h4-8H,15H2,1-3H3. The zero-order chi connectivity index (χ0) is 12.6. The number of nitrogen functional groups attached to an aromatic ring is 1. The van der Waals surface area contributed by atoms with Gasteiger partial charge in [-0.3, -0.25) is 0 Å². The minimum absolute atomic E-state index is 0.364. The maximum Gasteiger partial charge on any atom is 0.130 e. The van der Waals surface area contributed by atoms with Gasteiger partial charge in [-0.2, -0.15) is 5.10 Å². The van der Waals surface area contributed by atoms with Crippen LogP contribution >= 0.6 is 11.6 Å². The van der Waals surface area contributed by atoms with E-state index in [2.05, 4.69) is 18.9 Å². The normalized spacial score (nSPS) is 11.1.